The van der Waals surface area contributed by atoms with E-state index in [1.54, 1.807) is 20.8 Å². The molecule has 2 aliphatic rings. The van der Waals surface area contributed by atoms with Crippen LogP contribution in [0.2, 0.25) is 0 Å². The average Bonchev–Trinajstić information content (AvgIpc) is 2.99. The van der Waals surface area contributed by atoms with Crippen LogP contribution in [0.25, 0.3) is 0 Å². The summed E-state index contributed by atoms with van der Waals surface area (Å²) in [5.41, 5.74) is 0.0606. The van der Waals surface area contributed by atoms with Crippen LogP contribution in [0.15, 0.2) is 17.0 Å². The van der Waals surface area contributed by atoms with Gasteiger partial charge in [-0.05, 0) is 76.2 Å². The van der Waals surface area contributed by atoms with Crippen molar-refractivity contribution in [2.45, 2.75) is 90.3 Å². The minimum absolute atomic E-state index is 0.0782. The topological polar surface area (TPSA) is 71.1 Å². The van der Waals surface area contributed by atoms with Gasteiger partial charge in [-0.15, -0.1) is 11.8 Å². The van der Waals surface area contributed by atoms with Gasteiger partial charge < -0.3 is 18.8 Å². The van der Waals surface area contributed by atoms with Crippen LogP contribution in [0, 0.1) is 17.3 Å². The van der Waals surface area contributed by atoms with Crippen molar-refractivity contribution >= 4 is 31.3 Å². The van der Waals surface area contributed by atoms with Crippen LogP contribution >= 0.6 is 11.8 Å². The molecule has 33 heavy (non-hydrogen) atoms. The summed E-state index contributed by atoms with van der Waals surface area (Å²) in [6.07, 6.45) is 3.13. The molecular formula is C25H37BO6S. The van der Waals surface area contributed by atoms with Crippen molar-refractivity contribution in [3.8, 4) is 5.75 Å². The number of aldehydes is 1. The molecule has 2 fully saturated rings. The molecule has 4 unspecified atom stereocenters. The summed E-state index contributed by atoms with van der Waals surface area (Å²) in [5.74, 6) is 1.23. The van der Waals surface area contributed by atoms with Gasteiger partial charge in [0.15, 0.2) is 6.29 Å². The summed E-state index contributed by atoms with van der Waals surface area (Å²) in [6.45, 7) is 16.4. The van der Waals surface area contributed by atoms with Crippen LogP contribution in [-0.4, -0.2) is 43.1 Å². The second-order valence-corrected chi connectivity index (χ2v) is 11.9. The van der Waals surface area contributed by atoms with E-state index in [9.17, 15) is 9.59 Å². The molecule has 0 amide bonds. The molecule has 0 N–H and O–H groups in total. The van der Waals surface area contributed by atoms with E-state index in [4.69, 9.17) is 18.8 Å². The molecule has 1 aromatic carbocycles. The van der Waals surface area contributed by atoms with Gasteiger partial charge in [0.05, 0.1) is 17.3 Å². The predicted octanol–water partition coefficient (Wildman–Crippen LogP) is 5.98. The maximum atomic E-state index is 12.4. The highest BCUT2D eigenvalue weighted by Crippen LogP contribution is 2.58. The smallest absolute Gasteiger partial charge is 0.428 e. The largest absolute Gasteiger partial charge is 0.514 e. The van der Waals surface area contributed by atoms with Gasteiger partial charge in [-0.1, -0.05) is 26.8 Å². The molecule has 0 bridgehead atoms. The minimum Gasteiger partial charge on any atom is -0.428 e. The van der Waals surface area contributed by atoms with Crippen LogP contribution < -0.4 is 4.74 Å². The van der Waals surface area contributed by atoms with Crippen molar-refractivity contribution in [1.82, 2.24) is 0 Å². The Kier molecular flexibility index (Phi) is 7.33. The molecule has 0 aromatic heterocycles. The second kappa shape index (κ2) is 9.27. The lowest BCUT2D eigenvalue weighted by Gasteiger charge is -2.58. The van der Waals surface area contributed by atoms with E-state index >= 15 is 0 Å². The van der Waals surface area contributed by atoms with Crippen molar-refractivity contribution in [3.05, 3.63) is 23.3 Å². The molecular weight excluding hydrogens is 439 g/mol. The van der Waals surface area contributed by atoms with Crippen molar-refractivity contribution in [3.63, 3.8) is 0 Å². The van der Waals surface area contributed by atoms with E-state index in [-0.39, 0.29) is 17.3 Å². The van der Waals surface area contributed by atoms with Gasteiger partial charge in [0.1, 0.15) is 11.4 Å². The van der Waals surface area contributed by atoms with E-state index < -0.39 is 24.5 Å². The first-order valence-electron chi connectivity index (χ1n) is 11.6. The molecule has 1 saturated carbocycles. The standard InChI is InChI=1S/C25H37BO6S/c1-15-12-20(24(15,6)7)25(8)16(2)31-26(32-25)13-17-10-11-19(33-9)18(14-27)21(17)29-22(28)30-23(3,4)5/h10-11,14-16,20H,12-13H2,1-9H3. The maximum Gasteiger partial charge on any atom is 0.514 e. The highest BCUT2D eigenvalue weighted by atomic mass is 32.2. The Balaban J connectivity index is 1.86. The number of carbonyl (C=O) groups is 2. The second-order valence-electron chi connectivity index (χ2n) is 11.1. The first kappa shape index (κ1) is 26.1. The Labute approximate surface area is 202 Å². The molecule has 1 aliphatic carbocycles. The maximum absolute atomic E-state index is 12.4. The Morgan fingerprint density at radius 1 is 1.27 bits per heavy atom. The van der Waals surface area contributed by atoms with Crippen LogP contribution in [0.5, 0.6) is 5.75 Å². The lowest BCUT2D eigenvalue weighted by atomic mass is 9.50. The molecule has 0 spiro atoms. The molecule has 4 atom stereocenters. The molecule has 6 nitrogen and oxygen atoms in total. The summed E-state index contributed by atoms with van der Waals surface area (Å²) >= 11 is 1.41. The third-order valence-corrected chi connectivity index (χ3v) is 8.33. The SMILES string of the molecule is CSc1ccc(CB2OC(C)C(C)(C3CC(C)C3(C)C)O2)c(OC(=O)OC(C)(C)C)c1C=O. The Morgan fingerprint density at radius 2 is 1.94 bits per heavy atom. The van der Waals surface area contributed by atoms with E-state index in [0.717, 1.165) is 17.6 Å². The summed E-state index contributed by atoms with van der Waals surface area (Å²) < 4.78 is 23.7. The number of carbonyl (C=O) groups excluding carboxylic acids is 2. The van der Waals surface area contributed by atoms with Crippen LogP contribution in [0.4, 0.5) is 4.79 Å². The molecule has 182 valence electrons. The van der Waals surface area contributed by atoms with Gasteiger partial charge in [0.25, 0.3) is 0 Å². The number of hydrogen-bond acceptors (Lipinski definition) is 7. The van der Waals surface area contributed by atoms with Crippen LogP contribution in [0.3, 0.4) is 0 Å². The van der Waals surface area contributed by atoms with E-state index in [0.29, 0.717) is 29.3 Å². The number of hydrogen-bond donors (Lipinski definition) is 0. The number of rotatable bonds is 6. The predicted molar refractivity (Wildman–Crippen MR) is 131 cm³/mol. The van der Waals surface area contributed by atoms with Crippen molar-refractivity contribution < 1.29 is 28.4 Å². The molecule has 8 heteroatoms. The van der Waals surface area contributed by atoms with Crippen LogP contribution in [-0.2, 0) is 20.4 Å². The summed E-state index contributed by atoms with van der Waals surface area (Å²) in [4.78, 5) is 25.1. The highest BCUT2D eigenvalue weighted by molar-refractivity contribution is 7.98. The fourth-order valence-electron chi connectivity index (χ4n) is 5.07. The van der Waals surface area contributed by atoms with E-state index in [1.165, 1.54) is 11.8 Å². The first-order valence-corrected chi connectivity index (χ1v) is 12.8. The lowest BCUT2D eigenvalue weighted by molar-refractivity contribution is -0.137. The molecule has 1 aliphatic heterocycles. The zero-order valence-corrected chi connectivity index (χ0v) is 22.1. The quantitative estimate of drug-likeness (QED) is 0.164. The van der Waals surface area contributed by atoms with Gasteiger partial charge in [0.2, 0.25) is 0 Å². The van der Waals surface area contributed by atoms with Gasteiger partial charge in [-0.25, -0.2) is 4.79 Å². The fraction of sp³-hybridized carbons (Fsp3) is 0.680. The molecule has 0 radical (unpaired) electrons. The van der Waals surface area contributed by atoms with Crippen molar-refractivity contribution in [2.75, 3.05) is 6.26 Å². The number of ether oxygens (including phenoxy) is 2. The van der Waals surface area contributed by atoms with Crippen molar-refractivity contribution in [2.24, 2.45) is 17.3 Å². The molecule has 1 aromatic rings. The molecule has 1 heterocycles. The summed E-state index contributed by atoms with van der Waals surface area (Å²) in [7, 11) is -0.502. The third kappa shape index (κ3) is 5.13. The average molecular weight is 476 g/mol. The zero-order chi connectivity index (χ0) is 24.8. The lowest BCUT2D eigenvalue weighted by Crippen LogP contribution is -2.58. The zero-order valence-electron chi connectivity index (χ0n) is 21.3. The van der Waals surface area contributed by atoms with Gasteiger partial charge >= 0.3 is 13.3 Å². The highest BCUT2D eigenvalue weighted by Gasteiger charge is 2.60. The van der Waals surface area contributed by atoms with E-state index in [1.807, 2.05) is 18.4 Å². The normalized spacial score (nSPS) is 28.9. The van der Waals surface area contributed by atoms with E-state index in [2.05, 4.69) is 34.6 Å². The summed E-state index contributed by atoms with van der Waals surface area (Å²) in [6, 6.07) is 3.72. The monoisotopic (exact) mass is 476 g/mol. The first-order chi connectivity index (χ1) is 15.2. The number of benzene rings is 1. The number of thioether (sulfide) groups is 1. The van der Waals surface area contributed by atoms with Crippen molar-refractivity contribution in [1.29, 1.82) is 0 Å². The van der Waals surface area contributed by atoms with Gasteiger partial charge in [-0.2, -0.15) is 0 Å². The third-order valence-electron chi connectivity index (χ3n) is 7.53. The Bertz CT molecular complexity index is 911. The Morgan fingerprint density at radius 3 is 2.45 bits per heavy atom. The Hall–Kier alpha value is -1.51. The van der Waals surface area contributed by atoms with Gasteiger partial charge in [-0.3, -0.25) is 4.79 Å². The fourth-order valence-corrected chi connectivity index (χ4v) is 5.64. The van der Waals surface area contributed by atoms with Crippen LogP contribution in [0.1, 0.15) is 77.7 Å². The summed E-state index contributed by atoms with van der Waals surface area (Å²) in [5, 5.41) is 0. The molecule has 1 saturated heterocycles. The minimum atomic E-state index is -0.846. The van der Waals surface area contributed by atoms with Gasteiger partial charge in [0, 0.05) is 11.2 Å². The molecule has 3 rings (SSSR count).